The largest absolute Gasteiger partial charge is 0.505 e. The molecule has 1 fully saturated rings. The third-order valence-corrected chi connectivity index (χ3v) is 8.91. The van der Waals surface area contributed by atoms with Crippen LogP contribution in [0.4, 0.5) is 5.13 Å². The number of pyridine rings is 1. The molecule has 3 aromatic heterocycles. The summed E-state index contributed by atoms with van der Waals surface area (Å²) in [5.74, 6) is -1.13. The van der Waals surface area contributed by atoms with Crippen LogP contribution in [-0.2, 0) is 16.2 Å². The number of methoxy groups -OCH3 is 1. The summed E-state index contributed by atoms with van der Waals surface area (Å²) in [6.07, 6.45) is 1.74. The number of aryl methyl sites for hydroxylation is 1. The van der Waals surface area contributed by atoms with E-state index in [0.717, 1.165) is 10.3 Å². The van der Waals surface area contributed by atoms with Crippen molar-refractivity contribution in [3.63, 3.8) is 0 Å². The zero-order valence-electron chi connectivity index (χ0n) is 24.1. The van der Waals surface area contributed by atoms with Crippen LogP contribution in [-0.4, -0.2) is 38.3 Å². The first kappa shape index (κ1) is 28.6. The number of aliphatic hydroxyl groups is 1. The summed E-state index contributed by atoms with van der Waals surface area (Å²) in [5, 5.41) is 12.7. The number of ketones is 1. The van der Waals surface area contributed by atoms with E-state index in [-0.39, 0.29) is 16.5 Å². The number of halogens is 1. The van der Waals surface area contributed by atoms with Crippen molar-refractivity contribution in [1.82, 2.24) is 14.4 Å². The normalized spacial score (nSPS) is 16.2. The summed E-state index contributed by atoms with van der Waals surface area (Å²) in [4.78, 5) is 38.3. The number of anilines is 1. The fourth-order valence-electron chi connectivity index (χ4n) is 5.57. The smallest absolute Gasteiger partial charge is 0.301 e. The average Bonchev–Trinajstić information content (AvgIpc) is 3.70. The number of fused-ring (bicyclic) bond motifs is 2. The van der Waals surface area contributed by atoms with E-state index in [1.165, 1.54) is 23.3 Å². The van der Waals surface area contributed by atoms with E-state index in [9.17, 15) is 14.7 Å². The van der Waals surface area contributed by atoms with Crippen molar-refractivity contribution in [3.8, 4) is 11.5 Å². The zero-order valence-corrected chi connectivity index (χ0v) is 25.7. The highest BCUT2D eigenvalue weighted by molar-refractivity contribution is 7.22. The number of Topliss-reactive ketones (excluding diaryl/α,β-unsaturated/α-hetero) is 1. The van der Waals surface area contributed by atoms with Gasteiger partial charge in [0.15, 0.2) is 22.4 Å². The van der Waals surface area contributed by atoms with Crippen LogP contribution in [0.5, 0.6) is 11.5 Å². The van der Waals surface area contributed by atoms with Crippen LogP contribution in [0.25, 0.3) is 21.6 Å². The minimum Gasteiger partial charge on any atom is -0.505 e. The standard InChI is InChI=1S/C34H25ClN4O5S/c1-19-29(38-15-7-6-10-27(38)36-19)31(40)28-30(21-11-14-24(25(16-21)43-2)44-18-20-8-4-3-5-9-20)39(33(42)32(28)41)34-37-23-13-12-22(35)17-26(23)45-34/h3-17,30,40H,18H2,1-2H3. The Kier molecular flexibility index (Phi) is 7.23. The van der Waals surface area contributed by atoms with Crippen molar-refractivity contribution < 1.29 is 24.2 Å². The number of imidazole rings is 1. The second-order valence-corrected chi connectivity index (χ2v) is 11.9. The highest BCUT2D eigenvalue weighted by Gasteiger charge is 2.49. The molecule has 3 aromatic carbocycles. The number of thiazole rings is 1. The lowest BCUT2D eigenvalue weighted by Crippen LogP contribution is -2.29. The topological polar surface area (TPSA) is 106 Å². The number of rotatable bonds is 7. The minimum atomic E-state index is -1.04. The number of aliphatic hydroxyl groups excluding tert-OH is 1. The molecular weight excluding hydrogens is 612 g/mol. The molecule has 4 heterocycles. The number of amides is 1. The molecule has 1 aliphatic heterocycles. The molecule has 11 heteroatoms. The van der Waals surface area contributed by atoms with Crippen LogP contribution in [0.15, 0.2) is 96.7 Å². The fraction of sp³-hybridized carbons (Fsp3) is 0.118. The summed E-state index contributed by atoms with van der Waals surface area (Å²) in [6, 6.07) is 24.5. The van der Waals surface area contributed by atoms with E-state index < -0.39 is 17.7 Å². The molecule has 45 heavy (non-hydrogen) atoms. The second kappa shape index (κ2) is 11.4. The van der Waals surface area contributed by atoms with Crippen molar-refractivity contribution in [2.75, 3.05) is 12.0 Å². The lowest BCUT2D eigenvalue weighted by molar-refractivity contribution is -0.132. The van der Waals surface area contributed by atoms with E-state index in [1.807, 2.05) is 36.4 Å². The molecule has 0 saturated carbocycles. The molecule has 7 rings (SSSR count). The quantitative estimate of drug-likeness (QED) is 0.113. The summed E-state index contributed by atoms with van der Waals surface area (Å²) >= 11 is 7.46. The van der Waals surface area contributed by atoms with Gasteiger partial charge in [0.2, 0.25) is 0 Å². The van der Waals surface area contributed by atoms with Crippen LogP contribution >= 0.6 is 22.9 Å². The van der Waals surface area contributed by atoms with Gasteiger partial charge >= 0.3 is 5.91 Å². The fourth-order valence-corrected chi connectivity index (χ4v) is 6.84. The minimum absolute atomic E-state index is 0.0916. The Labute approximate surface area is 266 Å². The van der Waals surface area contributed by atoms with Crippen molar-refractivity contribution >= 4 is 61.4 Å². The van der Waals surface area contributed by atoms with Gasteiger partial charge in [0, 0.05) is 11.2 Å². The lowest BCUT2D eigenvalue weighted by atomic mass is 9.96. The van der Waals surface area contributed by atoms with E-state index in [1.54, 1.807) is 66.1 Å². The van der Waals surface area contributed by atoms with Crippen LogP contribution in [0.3, 0.4) is 0 Å². The van der Waals surface area contributed by atoms with Crippen molar-refractivity contribution in [2.45, 2.75) is 19.6 Å². The molecule has 0 radical (unpaired) electrons. The van der Waals surface area contributed by atoms with Gasteiger partial charge in [0.1, 0.15) is 17.9 Å². The van der Waals surface area contributed by atoms with Crippen LogP contribution in [0, 0.1) is 6.92 Å². The third kappa shape index (κ3) is 4.98. The van der Waals surface area contributed by atoms with Crippen molar-refractivity contribution in [3.05, 3.63) is 124 Å². The summed E-state index contributed by atoms with van der Waals surface area (Å²) in [5.41, 5.74) is 3.44. The number of aromatic nitrogens is 3. The maximum absolute atomic E-state index is 13.9. The maximum Gasteiger partial charge on any atom is 0.301 e. The van der Waals surface area contributed by atoms with Gasteiger partial charge in [-0.3, -0.25) is 18.9 Å². The van der Waals surface area contributed by atoms with Gasteiger partial charge in [-0.2, -0.15) is 0 Å². The number of carbonyl (C=O) groups is 2. The highest BCUT2D eigenvalue weighted by atomic mass is 35.5. The van der Waals surface area contributed by atoms with Gasteiger partial charge in [-0.25, -0.2) is 9.97 Å². The molecule has 6 aromatic rings. The molecule has 1 saturated heterocycles. The van der Waals surface area contributed by atoms with Crippen molar-refractivity contribution in [1.29, 1.82) is 0 Å². The summed E-state index contributed by atoms with van der Waals surface area (Å²) < 4.78 is 14.2. The number of hydrogen-bond donors (Lipinski definition) is 1. The molecule has 1 amide bonds. The molecule has 224 valence electrons. The first-order chi connectivity index (χ1) is 21.8. The first-order valence-electron chi connectivity index (χ1n) is 14.0. The molecule has 9 nitrogen and oxygen atoms in total. The Morgan fingerprint density at radius 3 is 2.58 bits per heavy atom. The van der Waals surface area contributed by atoms with Crippen LogP contribution < -0.4 is 14.4 Å². The predicted octanol–water partition coefficient (Wildman–Crippen LogP) is 7.12. The predicted molar refractivity (Wildman–Crippen MR) is 173 cm³/mol. The third-order valence-electron chi connectivity index (χ3n) is 7.66. The van der Waals surface area contributed by atoms with Gasteiger partial charge in [-0.15, -0.1) is 0 Å². The molecule has 0 aliphatic carbocycles. The van der Waals surface area contributed by atoms with Gasteiger partial charge in [-0.1, -0.05) is 65.4 Å². The van der Waals surface area contributed by atoms with Gasteiger partial charge in [0.25, 0.3) is 5.78 Å². The molecular formula is C34H25ClN4O5S. The first-order valence-corrected chi connectivity index (χ1v) is 15.2. The summed E-state index contributed by atoms with van der Waals surface area (Å²) in [6.45, 7) is 2.06. The van der Waals surface area contributed by atoms with Crippen LogP contribution in [0.2, 0.25) is 5.02 Å². The van der Waals surface area contributed by atoms with Crippen molar-refractivity contribution in [2.24, 2.45) is 0 Å². The molecule has 0 bridgehead atoms. The van der Waals surface area contributed by atoms with E-state index >= 15 is 0 Å². The Morgan fingerprint density at radius 2 is 1.78 bits per heavy atom. The number of benzene rings is 3. The second-order valence-electron chi connectivity index (χ2n) is 10.4. The summed E-state index contributed by atoms with van der Waals surface area (Å²) in [7, 11) is 1.52. The average molecular weight is 637 g/mol. The van der Waals surface area contributed by atoms with E-state index in [2.05, 4.69) is 9.97 Å². The molecule has 1 aliphatic rings. The molecule has 1 atom stereocenters. The zero-order chi connectivity index (χ0) is 31.2. The maximum atomic E-state index is 13.9. The highest BCUT2D eigenvalue weighted by Crippen LogP contribution is 2.46. The Bertz CT molecular complexity index is 2160. The van der Waals surface area contributed by atoms with Gasteiger partial charge in [-0.05, 0) is 60.5 Å². The van der Waals surface area contributed by atoms with Gasteiger partial charge in [0.05, 0.1) is 34.6 Å². The molecule has 0 spiro atoms. The number of carbonyl (C=O) groups excluding carboxylic acids is 2. The number of nitrogens with zero attached hydrogens (tertiary/aromatic N) is 4. The SMILES string of the molecule is COc1cc(C2C(=C(O)c3c(C)nc4ccccn34)C(=O)C(=O)N2c2nc3ccc(Cl)cc3s2)ccc1OCc1ccccc1. The Morgan fingerprint density at radius 1 is 0.978 bits per heavy atom. The number of hydrogen-bond acceptors (Lipinski definition) is 8. The van der Waals surface area contributed by atoms with E-state index in [0.29, 0.717) is 51.2 Å². The molecule has 1 N–H and O–H groups in total. The van der Waals surface area contributed by atoms with E-state index in [4.69, 9.17) is 21.1 Å². The Hall–Kier alpha value is -5.19. The lowest BCUT2D eigenvalue weighted by Gasteiger charge is -2.24. The monoisotopic (exact) mass is 636 g/mol. The van der Waals surface area contributed by atoms with Crippen LogP contribution in [0.1, 0.15) is 28.6 Å². The Balaban J connectivity index is 1.40. The molecule has 1 unspecified atom stereocenters. The number of ether oxygens (including phenoxy) is 2. The van der Waals surface area contributed by atoms with Gasteiger partial charge < -0.3 is 14.6 Å².